The number of carbonyl (C=O) groups excluding carboxylic acids is 1. The maximum Gasteiger partial charge on any atom is 0.160 e. The zero-order chi connectivity index (χ0) is 11.4. The molecule has 0 unspecified atom stereocenters. The van der Waals surface area contributed by atoms with Crippen LogP contribution in [0, 0.1) is 5.82 Å². The Bertz CT molecular complexity index is 385. The molecule has 2 nitrogen and oxygen atoms in total. The van der Waals surface area contributed by atoms with Crippen molar-refractivity contribution in [3.8, 4) is 0 Å². The lowest BCUT2D eigenvalue weighted by Gasteiger charge is -2.13. The van der Waals surface area contributed by atoms with Crippen molar-refractivity contribution in [2.45, 2.75) is 19.4 Å². The maximum atomic E-state index is 13.3. The number of hydrogen-bond donors (Lipinski definition) is 1. The summed E-state index contributed by atoms with van der Waals surface area (Å²) in [6.07, 6.45) is -0.997. The Labute approximate surface area is 88.1 Å². The van der Waals surface area contributed by atoms with Gasteiger partial charge < -0.3 is 5.11 Å². The molecular formula is C12H13FO2. The Kier molecular flexibility index (Phi) is 3.74. The van der Waals surface area contributed by atoms with Crippen LogP contribution in [0.1, 0.15) is 25.0 Å². The number of aliphatic hydroxyl groups is 1. The molecule has 1 rings (SSSR count). The van der Waals surface area contributed by atoms with E-state index >= 15 is 0 Å². The van der Waals surface area contributed by atoms with Crippen molar-refractivity contribution in [2.24, 2.45) is 0 Å². The van der Waals surface area contributed by atoms with Gasteiger partial charge in [0.05, 0.1) is 0 Å². The van der Waals surface area contributed by atoms with Crippen LogP contribution in [0.5, 0.6) is 0 Å². The van der Waals surface area contributed by atoms with Gasteiger partial charge in [-0.25, -0.2) is 4.39 Å². The number of halogens is 1. The van der Waals surface area contributed by atoms with E-state index in [4.69, 9.17) is 0 Å². The standard InChI is InChI=1S/C12H13FO2/c1-3-11(14)8(2)12(15)9-6-4-5-7-10(9)13/h4-7,12,15H,2-3H2,1H3/t12-/m0/s1. The second-order valence-electron chi connectivity index (χ2n) is 3.23. The molecule has 0 saturated carbocycles. The summed E-state index contributed by atoms with van der Waals surface area (Å²) in [6, 6.07) is 5.80. The van der Waals surface area contributed by atoms with Crippen LogP contribution >= 0.6 is 0 Å². The molecular weight excluding hydrogens is 195 g/mol. The monoisotopic (exact) mass is 208 g/mol. The van der Waals surface area contributed by atoms with Crippen LogP contribution in [-0.4, -0.2) is 10.9 Å². The minimum Gasteiger partial charge on any atom is -0.383 e. The zero-order valence-electron chi connectivity index (χ0n) is 8.53. The van der Waals surface area contributed by atoms with Crippen molar-refractivity contribution >= 4 is 5.78 Å². The summed E-state index contributed by atoms with van der Waals surface area (Å²) in [5.74, 6) is -0.791. The van der Waals surface area contributed by atoms with Crippen molar-refractivity contribution in [1.29, 1.82) is 0 Å². The molecule has 0 radical (unpaired) electrons. The first-order valence-corrected chi connectivity index (χ1v) is 4.72. The number of benzene rings is 1. The molecule has 0 bridgehead atoms. The van der Waals surface area contributed by atoms with E-state index in [0.29, 0.717) is 0 Å². The number of hydrogen-bond acceptors (Lipinski definition) is 2. The molecule has 1 N–H and O–H groups in total. The van der Waals surface area contributed by atoms with E-state index in [2.05, 4.69) is 6.58 Å². The quantitative estimate of drug-likeness (QED) is 0.771. The molecule has 0 aliphatic rings. The molecule has 1 aromatic rings. The van der Waals surface area contributed by atoms with Crippen molar-refractivity contribution in [3.63, 3.8) is 0 Å². The van der Waals surface area contributed by atoms with Gasteiger partial charge in [0.2, 0.25) is 0 Å². The van der Waals surface area contributed by atoms with Gasteiger partial charge in [-0.1, -0.05) is 31.7 Å². The van der Waals surface area contributed by atoms with Crippen LogP contribution in [0.3, 0.4) is 0 Å². The molecule has 0 spiro atoms. The van der Waals surface area contributed by atoms with Gasteiger partial charge in [-0.3, -0.25) is 4.79 Å². The lowest BCUT2D eigenvalue weighted by atomic mass is 9.98. The molecule has 0 amide bonds. The second-order valence-corrected chi connectivity index (χ2v) is 3.23. The molecule has 80 valence electrons. The summed E-state index contributed by atoms with van der Waals surface area (Å²) in [5, 5.41) is 9.71. The van der Waals surface area contributed by atoms with Crippen LogP contribution in [0.4, 0.5) is 4.39 Å². The Balaban J connectivity index is 2.95. The normalized spacial score (nSPS) is 12.2. The summed E-state index contributed by atoms with van der Waals surface area (Å²) in [5.41, 5.74) is 0.118. The van der Waals surface area contributed by atoms with Crippen molar-refractivity contribution in [3.05, 3.63) is 47.8 Å². The topological polar surface area (TPSA) is 37.3 Å². The lowest BCUT2D eigenvalue weighted by molar-refractivity contribution is -0.116. The third-order valence-corrected chi connectivity index (χ3v) is 2.21. The van der Waals surface area contributed by atoms with E-state index in [-0.39, 0.29) is 23.3 Å². The second kappa shape index (κ2) is 4.84. The van der Waals surface area contributed by atoms with E-state index in [1.54, 1.807) is 13.0 Å². The largest absolute Gasteiger partial charge is 0.383 e. The van der Waals surface area contributed by atoms with Crippen LogP contribution in [0.25, 0.3) is 0 Å². The highest BCUT2D eigenvalue weighted by atomic mass is 19.1. The van der Waals surface area contributed by atoms with Crippen molar-refractivity contribution in [2.75, 3.05) is 0 Å². The smallest absolute Gasteiger partial charge is 0.160 e. The van der Waals surface area contributed by atoms with E-state index in [1.165, 1.54) is 18.2 Å². The number of carbonyl (C=O) groups is 1. The fraction of sp³-hybridized carbons (Fsp3) is 0.250. The molecule has 0 heterocycles. The molecule has 0 saturated heterocycles. The number of ketones is 1. The average molecular weight is 208 g/mol. The number of Topliss-reactive ketones (excluding diaryl/α,β-unsaturated/α-hetero) is 1. The van der Waals surface area contributed by atoms with Gasteiger partial charge in [0, 0.05) is 17.6 Å². The SMILES string of the molecule is C=C(C(=O)CC)[C@H](O)c1ccccc1F. The molecule has 0 fully saturated rings. The minimum absolute atomic E-state index is 0.0302. The Morgan fingerprint density at radius 2 is 2.13 bits per heavy atom. The van der Waals surface area contributed by atoms with Crippen LogP contribution in [0.15, 0.2) is 36.4 Å². The summed E-state index contributed by atoms with van der Waals surface area (Å²) >= 11 is 0. The summed E-state index contributed by atoms with van der Waals surface area (Å²) < 4.78 is 13.3. The molecule has 0 aliphatic heterocycles. The Morgan fingerprint density at radius 1 is 1.53 bits per heavy atom. The van der Waals surface area contributed by atoms with Crippen molar-refractivity contribution in [1.82, 2.24) is 0 Å². The van der Waals surface area contributed by atoms with E-state index in [9.17, 15) is 14.3 Å². The highest BCUT2D eigenvalue weighted by Gasteiger charge is 2.19. The number of rotatable bonds is 4. The molecule has 3 heteroatoms. The third-order valence-electron chi connectivity index (χ3n) is 2.21. The summed E-state index contributed by atoms with van der Waals surface area (Å²) in [6.45, 7) is 5.14. The Hall–Kier alpha value is -1.48. The minimum atomic E-state index is -1.25. The van der Waals surface area contributed by atoms with E-state index < -0.39 is 11.9 Å². The van der Waals surface area contributed by atoms with Gasteiger partial charge in [0.25, 0.3) is 0 Å². The molecule has 0 aliphatic carbocycles. The number of aliphatic hydroxyl groups excluding tert-OH is 1. The van der Waals surface area contributed by atoms with Crippen molar-refractivity contribution < 1.29 is 14.3 Å². The van der Waals surface area contributed by atoms with E-state index in [0.717, 1.165) is 0 Å². The third kappa shape index (κ3) is 2.50. The van der Waals surface area contributed by atoms with Gasteiger partial charge in [0.15, 0.2) is 5.78 Å². The summed E-state index contributed by atoms with van der Waals surface area (Å²) in [4.78, 5) is 11.3. The van der Waals surface area contributed by atoms with Gasteiger partial charge in [0.1, 0.15) is 11.9 Å². The predicted octanol–water partition coefficient (Wildman–Crippen LogP) is 2.39. The predicted molar refractivity (Wildman–Crippen MR) is 55.8 cm³/mol. The molecule has 15 heavy (non-hydrogen) atoms. The van der Waals surface area contributed by atoms with Gasteiger partial charge in [-0.05, 0) is 6.07 Å². The first-order valence-electron chi connectivity index (χ1n) is 4.72. The van der Waals surface area contributed by atoms with Crippen LogP contribution in [-0.2, 0) is 4.79 Å². The Morgan fingerprint density at radius 3 is 2.67 bits per heavy atom. The van der Waals surface area contributed by atoms with Crippen LogP contribution in [0.2, 0.25) is 0 Å². The molecule has 0 aromatic heterocycles. The first kappa shape index (κ1) is 11.6. The summed E-state index contributed by atoms with van der Waals surface area (Å²) in [7, 11) is 0. The molecule has 1 atom stereocenters. The van der Waals surface area contributed by atoms with E-state index in [1.807, 2.05) is 0 Å². The molecule has 1 aromatic carbocycles. The highest BCUT2D eigenvalue weighted by Crippen LogP contribution is 2.23. The fourth-order valence-electron chi connectivity index (χ4n) is 1.26. The fourth-order valence-corrected chi connectivity index (χ4v) is 1.26. The zero-order valence-corrected chi connectivity index (χ0v) is 8.53. The highest BCUT2D eigenvalue weighted by molar-refractivity contribution is 5.95. The van der Waals surface area contributed by atoms with Crippen LogP contribution < -0.4 is 0 Å². The maximum absolute atomic E-state index is 13.3. The average Bonchev–Trinajstić information content (AvgIpc) is 2.26. The lowest BCUT2D eigenvalue weighted by Crippen LogP contribution is -2.10. The van der Waals surface area contributed by atoms with Gasteiger partial charge in [-0.2, -0.15) is 0 Å². The van der Waals surface area contributed by atoms with Gasteiger partial charge >= 0.3 is 0 Å². The first-order chi connectivity index (χ1) is 7.07. The van der Waals surface area contributed by atoms with Gasteiger partial charge in [-0.15, -0.1) is 0 Å².